The molecule has 1 fully saturated rings. The Morgan fingerprint density at radius 1 is 1.43 bits per heavy atom. The third kappa shape index (κ3) is 3.92. The summed E-state index contributed by atoms with van der Waals surface area (Å²) in [5.41, 5.74) is 1.21. The lowest BCUT2D eigenvalue weighted by Gasteiger charge is -2.13. The van der Waals surface area contributed by atoms with Gasteiger partial charge in [-0.25, -0.2) is 0 Å². The summed E-state index contributed by atoms with van der Waals surface area (Å²) in [5.74, 6) is 1.03. The molecular formula is C16H17BrN2O3S. The van der Waals surface area contributed by atoms with E-state index in [2.05, 4.69) is 27.8 Å². The normalized spacial score (nSPS) is 15.8. The van der Waals surface area contributed by atoms with E-state index in [0.717, 1.165) is 10.0 Å². The number of amides is 1. The van der Waals surface area contributed by atoms with Crippen LogP contribution in [-0.2, 0) is 4.79 Å². The van der Waals surface area contributed by atoms with Crippen molar-refractivity contribution in [3.05, 3.63) is 40.5 Å². The van der Waals surface area contributed by atoms with Crippen LogP contribution in [0, 0.1) is 0 Å². The number of carbonyl (C=O) groups is 1. The highest BCUT2D eigenvalue weighted by Gasteiger charge is 2.27. The van der Waals surface area contributed by atoms with Crippen molar-refractivity contribution < 1.29 is 14.3 Å². The first-order valence-electron chi connectivity index (χ1n) is 6.98. The quantitative estimate of drug-likeness (QED) is 0.454. The van der Waals surface area contributed by atoms with E-state index < -0.39 is 0 Å². The van der Waals surface area contributed by atoms with E-state index in [9.17, 15) is 4.79 Å². The minimum atomic E-state index is -0.170. The smallest absolute Gasteiger partial charge is 0.276 e. The van der Waals surface area contributed by atoms with Gasteiger partial charge in [-0.05, 0) is 58.8 Å². The van der Waals surface area contributed by atoms with Crippen molar-refractivity contribution in [1.29, 1.82) is 0 Å². The van der Waals surface area contributed by atoms with Crippen LogP contribution in [0.5, 0.6) is 11.5 Å². The number of ether oxygens (including phenoxy) is 2. The predicted molar refractivity (Wildman–Crippen MR) is 97.5 cm³/mol. The monoisotopic (exact) mass is 396 g/mol. The van der Waals surface area contributed by atoms with Gasteiger partial charge in [0.05, 0.1) is 11.1 Å². The first kappa shape index (κ1) is 17.5. The highest BCUT2D eigenvalue weighted by molar-refractivity contribution is 9.10. The molecule has 1 aromatic rings. The molecule has 23 heavy (non-hydrogen) atoms. The molecule has 1 aliphatic rings. The zero-order valence-corrected chi connectivity index (χ0v) is 15.3. The minimum Gasteiger partial charge on any atom is -0.490 e. The van der Waals surface area contributed by atoms with Crippen molar-refractivity contribution in [3.8, 4) is 11.5 Å². The van der Waals surface area contributed by atoms with Crippen molar-refractivity contribution in [2.75, 3.05) is 20.3 Å². The Balaban J connectivity index is 2.39. The summed E-state index contributed by atoms with van der Waals surface area (Å²) >= 11 is 8.54. The van der Waals surface area contributed by atoms with Gasteiger partial charge >= 0.3 is 0 Å². The van der Waals surface area contributed by atoms with E-state index in [0.29, 0.717) is 35.5 Å². The number of carbonyl (C=O) groups excluding carboxylic acids is 1. The second-order valence-corrected chi connectivity index (χ2v) is 5.96. The first-order valence-corrected chi connectivity index (χ1v) is 8.18. The number of rotatable bonds is 6. The number of halogens is 1. The summed E-state index contributed by atoms with van der Waals surface area (Å²) in [7, 11) is 1.63. The molecule has 1 amide bonds. The van der Waals surface area contributed by atoms with Gasteiger partial charge in [0.25, 0.3) is 5.91 Å². The van der Waals surface area contributed by atoms with E-state index in [1.54, 1.807) is 19.2 Å². The fraction of sp³-hybridized carbons (Fsp3) is 0.250. The third-order valence-electron chi connectivity index (χ3n) is 3.07. The highest BCUT2D eigenvalue weighted by atomic mass is 79.9. The third-order valence-corrected chi connectivity index (χ3v) is 4.03. The molecule has 122 valence electrons. The summed E-state index contributed by atoms with van der Waals surface area (Å²) < 4.78 is 12.0. The molecule has 0 bridgehead atoms. The molecule has 1 aliphatic heterocycles. The van der Waals surface area contributed by atoms with Crippen LogP contribution in [-0.4, -0.2) is 36.2 Å². The molecule has 1 heterocycles. The molecule has 0 aliphatic carbocycles. The number of nitrogens with one attached hydrogen (secondary N) is 1. The van der Waals surface area contributed by atoms with E-state index >= 15 is 0 Å². The summed E-state index contributed by atoms with van der Waals surface area (Å²) in [6, 6.07) is 3.67. The lowest BCUT2D eigenvalue weighted by atomic mass is 10.1. The van der Waals surface area contributed by atoms with Gasteiger partial charge in [0, 0.05) is 7.05 Å². The zero-order valence-electron chi connectivity index (χ0n) is 12.9. The van der Waals surface area contributed by atoms with Gasteiger partial charge in [0.15, 0.2) is 16.6 Å². The molecular weight excluding hydrogens is 380 g/mol. The summed E-state index contributed by atoms with van der Waals surface area (Å²) in [4.78, 5) is 13.4. The first-order chi connectivity index (χ1) is 11.0. The van der Waals surface area contributed by atoms with Crippen LogP contribution >= 0.6 is 28.1 Å². The van der Waals surface area contributed by atoms with Crippen molar-refractivity contribution >= 4 is 45.2 Å². The number of likely N-dealkylation sites (N-methyl/N-ethyl adjacent to an activating group) is 1. The van der Waals surface area contributed by atoms with Crippen molar-refractivity contribution in [1.82, 2.24) is 10.2 Å². The fourth-order valence-electron chi connectivity index (χ4n) is 2.01. The van der Waals surface area contributed by atoms with Crippen molar-refractivity contribution in [2.45, 2.75) is 6.92 Å². The van der Waals surface area contributed by atoms with Gasteiger partial charge in [-0.2, -0.15) is 0 Å². The number of nitrogens with zero attached hydrogens (tertiary/aromatic N) is 1. The van der Waals surface area contributed by atoms with Crippen LogP contribution in [0.2, 0.25) is 0 Å². The van der Waals surface area contributed by atoms with Crippen LogP contribution in [0.25, 0.3) is 6.08 Å². The Kier molecular flexibility index (Phi) is 5.79. The van der Waals surface area contributed by atoms with Crippen LogP contribution in [0.15, 0.2) is 35.0 Å². The maximum atomic E-state index is 12.1. The topological polar surface area (TPSA) is 50.8 Å². The van der Waals surface area contributed by atoms with Crippen molar-refractivity contribution in [3.63, 3.8) is 0 Å². The second-order valence-electron chi connectivity index (χ2n) is 4.72. The van der Waals surface area contributed by atoms with E-state index in [4.69, 9.17) is 21.7 Å². The molecule has 0 radical (unpaired) electrons. The summed E-state index contributed by atoms with van der Waals surface area (Å²) in [6.45, 7) is 6.41. The van der Waals surface area contributed by atoms with E-state index in [1.807, 2.05) is 19.1 Å². The molecule has 0 aromatic heterocycles. The van der Waals surface area contributed by atoms with Gasteiger partial charge in [-0.1, -0.05) is 12.7 Å². The molecule has 5 nitrogen and oxygen atoms in total. The number of benzene rings is 1. The SMILES string of the molecule is C=CCOc1c(Br)cc(C=C2NC(=S)N(C)C2=O)cc1OCC. The molecule has 7 heteroatoms. The lowest BCUT2D eigenvalue weighted by molar-refractivity contribution is -0.121. The van der Waals surface area contributed by atoms with Crippen LogP contribution in [0.1, 0.15) is 12.5 Å². The Labute approximate surface area is 149 Å². The summed E-state index contributed by atoms with van der Waals surface area (Å²) in [6.07, 6.45) is 3.39. The van der Waals surface area contributed by atoms with Crippen molar-refractivity contribution in [2.24, 2.45) is 0 Å². The van der Waals surface area contributed by atoms with Gasteiger partial charge in [0.1, 0.15) is 12.3 Å². The van der Waals surface area contributed by atoms with E-state index in [1.165, 1.54) is 4.90 Å². The molecule has 1 saturated heterocycles. The molecule has 0 atom stereocenters. The minimum absolute atomic E-state index is 0.170. The van der Waals surface area contributed by atoms with Gasteiger partial charge in [-0.3, -0.25) is 9.69 Å². The van der Waals surface area contributed by atoms with Crippen LogP contribution in [0.3, 0.4) is 0 Å². The average molecular weight is 397 g/mol. The molecule has 0 spiro atoms. The molecule has 0 unspecified atom stereocenters. The van der Waals surface area contributed by atoms with E-state index in [-0.39, 0.29) is 5.91 Å². The Morgan fingerprint density at radius 2 is 2.17 bits per heavy atom. The highest BCUT2D eigenvalue weighted by Crippen LogP contribution is 2.37. The zero-order chi connectivity index (χ0) is 17.0. The molecule has 0 saturated carbocycles. The Morgan fingerprint density at radius 3 is 2.74 bits per heavy atom. The fourth-order valence-corrected chi connectivity index (χ4v) is 2.77. The largest absolute Gasteiger partial charge is 0.490 e. The lowest BCUT2D eigenvalue weighted by Crippen LogP contribution is -2.25. The number of hydrogen-bond acceptors (Lipinski definition) is 4. The standard InChI is InChI=1S/C16H17BrN2O3S/c1-4-6-22-14-11(17)7-10(9-13(14)21-5-2)8-12-15(20)19(3)16(23)18-12/h4,7-9H,1,5-6H2,2-3H3,(H,18,23). The average Bonchev–Trinajstić information content (AvgIpc) is 2.74. The van der Waals surface area contributed by atoms with Gasteiger partial charge in [0.2, 0.25) is 0 Å². The maximum absolute atomic E-state index is 12.1. The van der Waals surface area contributed by atoms with Gasteiger partial charge in [-0.15, -0.1) is 0 Å². The van der Waals surface area contributed by atoms with Gasteiger partial charge < -0.3 is 14.8 Å². The Bertz CT molecular complexity index is 688. The molecule has 1 aromatic carbocycles. The van der Waals surface area contributed by atoms with Crippen LogP contribution < -0.4 is 14.8 Å². The van der Waals surface area contributed by atoms with Crippen LogP contribution in [0.4, 0.5) is 0 Å². The molecule has 2 rings (SSSR count). The second kappa shape index (κ2) is 7.61. The predicted octanol–water partition coefficient (Wildman–Crippen LogP) is 3.10. The number of hydrogen-bond donors (Lipinski definition) is 1. The summed E-state index contributed by atoms with van der Waals surface area (Å²) in [5, 5.41) is 3.28. The molecule has 1 N–H and O–H groups in total. The Hall–Kier alpha value is -1.86. The maximum Gasteiger partial charge on any atom is 0.276 e. The number of thiocarbonyl (C=S) groups is 1.